The molecule has 19 heavy (non-hydrogen) atoms. The Labute approximate surface area is 112 Å². The molecule has 0 aliphatic carbocycles. The van der Waals surface area contributed by atoms with Crippen LogP contribution >= 0.6 is 0 Å². The summed E-state index contributed by atoms with van der Waals surface area (Å²) in [5.74, 6) is -1.01. The average Bonchev–Trinajstić information content (AvgIpc) is 2.39. The Balaban J connectivity index is 4.13. The molecule has 0 aliphatic heterocycles. The van der Waals surface area contributed by atoms with Crippen molar-refractivity contribution < 1.29 is 19.5 Å². The summed E-state index contributed by atoms with van der Waals surface area (Å²) in [5, 5.41) is 16.5. The third-order valence-electron chi connectivity index (χ3n) is 2.41. The van der Waals surface area contributed by atoms with Crippen LogP contribution < -0.4 is 21.7 Å². The second-order valence-electron chi connectivity index (χ2n) is 4.10. The number of carbonyl (C=O) groups excluding carboxylic acids is 3. The first kappa shape index (κ1) is 17.3. The maximum atomic E-state index is 11.5. The number of amides is 3. The molecule has 2 unspecified atom stereocenters. The summed E-state index contributed by atoms with van der Waals surface area (Å²) in [7, 11) is 1.45. The van der Waals surface area contributed by atoms with Gasteiger partial charge in [0.25, 0.3) is 0 Å². The Morgan fingerprint density at radius 2 is 1.95 bits per heavy atom. The molecule has 0 saturated heterocycles. The Hall–Kier alpha value is -1.67. The molecule has 110 valence electrons. The van der Waals surface area contributed by atoms with E-state index in [1.165, 1.54) is 14.0 Å². The molecule has 0 saturated carbocycles. The molecule has 0 radical (unpaired) electrons. The number of nitrogens with one attached hydrogen (secondary N) is 3. The van der Waals surface area contributed by atoms with E-state index in [4.69, 9.17) is 10.8 Å². The van der Waals surface area contributed by atoms with Gasteiger partial charge in [0.2, 0.25) is 17.7 Å². The first-order valence-electron chi connectivity index (χ1n) is 6.04. The van der Waals surface area contributed by atoms with Gasteiger partial charge in [0.15, 0.2) is 0 Å². The fourth-order valence-electron chi connectivity index (χ4n) is 1.37. The number of nitrogens with two attached hydrogens (primary N) is 1. The van der Waals surface area contributed by atoms with Crippen molar-refractivity contribution in [3.63, 3.8) is 0 Å². The van der Waals surface area contributed by atoms with Crippen LogP contribution in [0.1, 0.15) is 19.8 Å². The standard InChI is InChI=1S/C11H22N4O4/c1-7(16)15-9(11(19)13-2)3-4-10(18)14-6-8(17)5-12/h8-9,17H,3-6,12H2,1-2H3,(H,13,19)(H,14,18)(H,15,16). The van der Waals surface area contributed by atoms with E-state index < -0.39 is 12.1 Å². The summed E-state index contributed by atoms with van der Waals surface area (Å²) in [6, 6.07) is -0.743. The van der Waals surface area contributed by atoms with Gasteiger partial charge in [-0.05, 0) is 6.42 Å². The van der Waals surface area contributed by atoms with E-state index in [0.717, 1.165) is 0 Å². The lowest BCUT2D eigenvalue weighted by Gasteiger charge is -2.16. The number of hydrogen-bond acceptors (Lipinski definition) is 5. The topological polar surface area (TPSA) is 134 Å². The summed E-state index contributed by atoms with van der Waals surface area (Å²) in [5.41, 5.74) is 5.19. The summed E-state index contributed by atoms with van der Waals surface area (Å²) in [6.45, 7) is 1.43. The van der Waals surface area contributed by atoms with E-state index in [1.54, 1.807) is 0 Å². The molecule has 0 aromatic rings. The molecule has 0 spiro atoms. The summed E-state index contributed by atoms with van der Waals surface area (Å²) >= 11 is 0. The van der Waals surface area contributed by atoms with Crippen molar-refractivity contribution in [3.05, 3.63) is 0 Å². The van der Waals surface area contributed by atoms with Crippen LogP contribution in [0.5, 0.6) is 0 Å². The molecule has 0 heterocycles. The van der Waals surface area contributed by atoms with Gasteiger partial charge < -0.3 is 26.8 Å². The van der Waals surface area contributed by atoms with Crippen LogP contribution in [-0.4, -0.2) is 55.1 Å². The van der Waals surface area contributed by atoms with Gasteiger partial charge in [-0.25, -0.2) is 0 Å². The van der Waals surface area contributed by atoms with Crippen molar-refractivity contribution in [1.29, 1.82) is 0 Å². The largest absolute Gasteiger partial charge is 0.390 e. The second-order valence-corrected chi connectivity index (χ2v) is 4.10. The number of carbonyl (C=O) groups is 3. The number of hydrogen-bond donors (Lipinski definition) is 5. The van der Waals surface area contributed by atoms with Gasteiger partial charge in [-0.1, -0.05) is 0 Å². The zero-order valence-corrected chi connectivity index (χ0v) is 11.2. The normalized spacial score (nSPS) is 13.3. The molecule has 6 N–H and O–H groups in total. The lowest BCUT2D eigenvalue weighted by Crippen LogP contribution is -2.45. The van der Waals surface area contributed by atoms with E-state index in [-0.39, 0.29) is 43.7 Å². The average molecular weight is 274 g/mol. The monoisotopic (exact) mass is 274 g/mol. The van der Waals surface area contributed by atoms with E-state index >= 15 is 0 Å². The fourth-order valence-corrected chi connectivity index (χ4v) is 1.37. The number of aliphatic hydroxyl groups excluding tert-OH is 1. The lowest BCUT2D eigenvalue weighted by molar-refractivity contribution is -0.128. The van der Waals surface area contributed by atoms with Crippen LogP contribution in [0.25, 0.3) is 0 Å². The zero-order valence-electron chi connectivity index (χ0n) is 11.2. The summed E-state index contributed by atoms with van der Waals surface area (Å²) in [4.78, 5) is 33.8. The highest BCUT2D eigenvalue weighted by Crippen LogP contribution is 1.98. The molecule has 0 aromatic carbocycles. The van der Waals surface area contributed by atoms with Crippen molar-refractivity contribution in [3.8, 4) is 0 Å². The quantitative estimate of drug-likeness (QED) is 0.332. The number of likely N-dealkylation sites (N-methyl/N-ethyl adjacent to an activating group) is 1. The minimum atomic E-state index is -0.783. The number of aliphatic hydroxyl groups is 1. The molecule has 0 aromatic heterocycles. The smallest absolute Gasteiger partial charge is 0.242 e. The van der Waals surface area contributed by atoms with Gasteiger partial charge in [-0.3, -0.25) is 14.4 Å². The highest BCUT2D eigenvalue weighted by atomic mass is 16.3. The van der Waals surface area contributed by atoms with Gasteiger partial charge in [0, 0.05) is 33.5 Å². The van der Waals surface area contributed by atoms with E-state index in [9.17, 15) is 14.4 Å². The van der Waals surface area contributed by atoms with E-state index in [0.29, 0.717) is 0 Å². The van der Waals surface area contributed by atoms with Gasteiger partial charge in [-0.15, -0.1) is 0 Å². The second kappa shape index (κ2) is 9.29. The van der Waals surface area contributed by atoms with Crippen molar-refractivity contribution in [2.45, 2.75) is 31.9 Å². The van der Waals surface area contributed by atoms with Crippen LogP contribution in [0.4, 0.5) is 0 Å². The highest BCUT2D eigenvalue weighted by molar-refractivity contribution is 5.87. The molecule has 0 bridgehead atoms. The van der Waals surface area contributed by atoms with Crippen molar-refractivity contribution >= 4 is 17.7 Å². The molecular formula is C11H22N4O4. The third kappa shape index (κ3) is 8.11. The maximum absolute atomic E-state index is 11.5. The van der Waals surface area contributed by atoms with Gasteiger partial charge in [-0.2, -0.15) is 0 Å². The molecule has 0 rings (SSSR count). The minimum Gasteiger partial charge on any atom is -0.390 e. The molecule has 0 fully saturated rings. The Bertz CT molecular complexity index is 322. The molecule has 8 nitrogen and oxygen atoms in total. The maximum Gasteiger partial charge on any atom is 0.242 e. The Morgan fingerprint density at radius 1 is 1.32 bits per heavy atom. The first-order chi connectivity index (χ1) is 8.90. The fraction of sp³-hybridized carbons (Fsp3) is 0.727. The predicted octanol–water partition coefficient (Wildman–Crippen LogP) is -2.55. The molecule has 8 heteroatoms. The van der Waals surface area contributed by atoms with Crippen molar-refractivity contribution in [1.82, 2.24) is 16.0 Å². The van der Waals surface area contributed by atoms with Crippen molar-refractivity contribution in [2.24, 2.45) is 5.73 Å². The van der Waals surface area contributed by atoms with Gasteiger partial charge >= 0.3 is 0 Å². The SMILES string of the molecule is CNC(=O)C(CCC(=O)NCC(O)CN)NC(C)=O. The summed E-state index contributed by atoms with van der Waals surface area (Å²) < 4.78 is 0. The van der Waals surface area contributed by atoms with Crippen LogP contribution in [0, 0.1) is 0 Å². The third-order valence-corrected chi connectivity index (χ3v) is 2.41. The van der Waals surface area contributed by atoms with E-state index in [2.05, 4.69) is 16.0 Å². The summed E-state index contributed by atoms with van der Waals surface area (Å²) in [6.07, 6.45) is -0.534. The zero-order chi connectivity index (χ0) is 14.8. The Morgan fingerprint density at radius 3 is 2.42 bits per heavy atom. The Kier molecular flexibility index (Phi) is 8.47. The molecule has 2 atom stereocenters. The molecule has 0 aliphatic rings. The molecule has 3 amide bonds. The lowest BCUT2D eigenvalue weighted by atomic mass is 10.1. The van der Waals surface area contributed by atoms with Gasteiger partial charge in [0.1, 0.15) is 6.04 Å². The minimum absolute atomic E-state index is 0.0625. The van der Waals surface area contributed by atoms with Crippen molar-refractivity contribution in [2.75, 3.05) is 20.1 Å². The van der Waals surface area contributed by atoms with Crippen LogP contribution in [-0.2, 0) is 14.4 Å². The van der Waals surface area contributed by atoms with Crippen LogP contribution in [0.3, 0.4) is 0 Å². The predicted molar refractivity (Wildman–Crippen MR) is 69.0 cm³/mol. The van der Waals surface area contributed by atoms with Crippen LogP contribution in [0.15, 0.2) is 0 Å². The van der Waals surface area contributed by atoms with Gasteiger partial charge in [0.05, 0.1) is 6.10 Å². The first-order valence-corrected chi connectivity index (χ1v) is 6.04. The van der Waals surface area contributed by atoms with Crippen LogP contribution in [0.2, 0.25) is 0 Å². The highest BCUT2D eigenvalue weighted by Gasteiger charge is 2.19. The number of rotatable bonds is 8. The molecular weight excluding hydrogens is 252 g/mol. The van der Waals surface area contributed by atoms with E-state index in [1.807, 2.05) is 0 Å².